The first-order valence-electron chi connectivity index (χ1n) is 6.61. The van der Waals surface area contributed by atoms with Gasteiger partial charge in [0.2, 0.25) is 4.62 Å². The Morgan fingerprint density at radius 3 is 2.64 bits per heavy atom. The van der Waals surface area contributed by atoms with Crippen LogP contribution < -0.4 is 0 Å². The minimum atomic E-state index is -3.94. The lowest BCUT2D eigenvalue weighted by Crippen LogP contribution is -2.50. The third kappa shape index (κ3) is 1.77. The second-order valence-corrected chi connectivity index (χ2v) is 7.76. The van der Waals surface area contributed by atoms with Crippen LogP contribution >= 0.6 is 43.2 Å². The van der Waals surface area contributed by atoms with Crippen LogP contribution in [0.15, 0.2) is 46.0 Å². The van der Waals surface area contributed by atoms with Crippen LogP contribution in [-0.2, 0) is 0 Å². The summed E-state index contributed by atoms with van der Waals surface area (Å²) < 4.78 is 33.0. The molecule has 0 aliphatic carbocycles. The van der Waals surface area contributed by atoms with Gasteiger partial charge < -0.3 is 17.6 Å². The molecule has 0 aromatic carbocycles. The molecule has 0 amide bonds. The number of allylic oxidation sites excluding steroid dienone is 2. The number of nitrogens with zero attached hydrogens (tertiary/aromatic N) is 2. The molecular formula is C14H9BBr2F2N2S. The van der Waals surface area contributed by atoms with Gasteiger partial charge in [-0.25, -0.2) is 0 Å². The van der Waals surface area contributed by atoms with E-state index in [2.05, 4.69) is 31.9 Å². The maximum Gasteiger partial charge on any atom is 0.738 e. The van der Waals surface area contributed by atoms with Crippen LogP contribution in [0.25, 0.3) is 5.57 Å². The predicted molar refractivity (Wildman–Crippen MR) is 93.9 cm³/mol. The van der Waals surface area contributed by atoms with Crippen LogP contribution in [0.5, 0.6) is 0 Å². The standard InChI is InChI=1S/C14H9BBr2F2N2S/c1-8-6-7-22-14(8)13-9-2-4-11(16)20(9)15(18,19)21-10(13)3-5-12(21)17/h2-7H,1H3. The van der Waals surface area contributed by atoms with Crippen LogP contribution in [-0.4, -0.2) is 20.6 Å². The molecule has 0 atom stereocenters. The predicted octanol–water partition coefficient (Wildman–Crippen LogP) is 4.99. The Labute approximate surface area is 146 Å². The van der Waals surface area contributed by atoms with Gasteiger partial charge in [-0.1, -0.05) is 0 Å². The molecule has 0 N–H and O–H groups in total. The van der Waals surface area contributed by atoms with E-state index in [1.54, 1.807) is 35.6 Å². The van der Waals surface area contributed by atoms with Gasteiger partial charge in [0.1, 0.15) is 0 Å². The number of aromatic nitrogens is 1. The monoisotopic (exact) mass is 444 g/mol. The van der Waals surface area contributed by atoms with Crippen molar-refractivity contribution in [3.63, 3.8) is 0 Å². The summed E-state index contributed by atoms with van der Waals surface area (Å²) >= 11 is 8.09. The van der Waals surface area contributed by atoms with E-state index in [9.17, 15) is 0 Å². The van der Waals surface area contributed by atoms with Crippen LogP contribution in [0.4, 0.5) is 8.63 Å². The van der Waals surface area contributed by atoms with Crippen LogP contribution in [0, 0.1) is 6.92 Å². The number of aryl methyl sites for hydroxylation is 1. The first-order chi connectivity index (χ1) is 10.4. The average molecular weight is 446 g/mol. The zero-order valence-electron chi connectivity index (χ0n) is 11.4. The van der Waals surface area contributed by atoms with Crippen LogP contribution in [0.1, 0.15) is 16.1 Å². The highest BCUT2D eigenvalue weighted by Gasteiger charge is 2.54. The zero-order valence-corrected chi connectivity index (χ0v) is 15.3. The Balaban J connectivity index is 2.15. The van der Waals surface area contributed by atoms with E-state index >= 15 is 8.63 Å². The number of thiophene rings is 1. The molecule has 2 aromatic rings. The SMILES string of the molecule is Cc1ccsc1C1=C2C=CC(Br)=[N+]2[B-](F)(F)n2c(Br)ccc21. The largest absolute Gasteiger partial charge is 0.738 e. The minimum Gasteiger partial charge on any atom is -0.389 e. The third-order valence-electron chi connectivity index (χ3n) is 3.96. The highest BCUT2D eigenvalue weighted by atomic mass is 79.9. The molecule has 0 radical (unpaired) electrons. The Bertz CT molecular complexity index is 908. The molecule has 4 rings (SSSR count). The Morgan fingerprint density at radius 2 is 1.95 bits per heavy atom. The number of halogens is 4. The summed E-state index contributed by atoms with van der Waals surface area (Å²) in [5, 5.41) is 1.99. The molecule has 2 nitrogen and oxygen atoms in total. The van der Waals surface area contributed by atoms with Crippen molar-refractivity contribution in [2.75, 3.05) is 0 Å². The first-order valence-corrected chi connectivity index (χ1v) is 9.07. The molecule has 4 heterocycles. The molecule has 0 unspecified atom stereocenters. The molecule has 22 heavy (non-hydrogen) atoms. The lowest BCUT2D eigenvalue weighted by molar-refractivity contribution is -0.358. The second kappa shape index (κ2) is 4.75. The lowest BCUT2D eigenvalue weighted by Gasteiger charge is -2.31. The summed E-state index contributed by atoms with van der Waals surface area (Å²) in [5.41, 5.74) is 3.02. The van der Waals surface area contributed by atoms with Crippen molar-refractivity contribution in [1.82, 2.24) is 4.48 Å². The van der Waals surface area contributed by atoms with E-state index in [1.165, 1.54) is 0 Å². The number of fused-ring (bicyclic) bond motifs is 2. The van der Waals surface area contributed by atoms with Gasteiger partial charge in [0, 0.05) is 38.7 Å². The van der Waals surface area contributed by atoms with Crippen molar-refractivity contribution < 1.29 is 13.1 Å². The molecule has 2 aliphatic heterocycles. The fourth-order valence-corrected chi connectivity index (χ4v) is 5.12. The number of hydrogen-bond donors (Lipinski definition) is 0. The highest BCUT2D eigenvalue weighted by molar-refractivity contribution is 9.18. The van der Waals surface area contributed by atoms with Crippen molar-refractivity contribution in [2.45, 2.75) is 6.92 Å². The fourth-order valence-electron chi connectivity index (χ4n) is 2.99. The van der Waals surface area contributed by atoms with E-state index < -0.39 is 6.97 Å². The topological polar surface area (TPSA) is 7.94 Å². The fraction of sp³-hybridized carbons (Fsp3) is 0.0714. The van der Waals surface area contributed by atoms with Crippen molar-refractivity contribution in [1.29, 1.82) is 0 Å². The summed E-state index contributed by atoms with van der Waals surface area (Å²) in [7, 11) is 0. The number of hydrogen-bond acceptors (Lipinski definition) is 1. The Morgan fingerprint density at radius 1 is 1.18 bits per heavy atom. The smallest absolute Gasteiger partial charge is 0.389 e. The Kier molecular flexibility index (Phi) is 3.15. The van der Waals surface area contributed by atoms with Crippen LogP contribution in [0.2, 0.25) is 0 Å². The minimum absolute atomic E-state index is 0.380. The molecule has 2 aromatic heterocycles. The van der Waals surface area contributed by atoms with Crippen molar-refractivity contribution >= 4 is 60.4 Å². The quantitative estimate of drug-likeness (QED) is 0.546. The van der Waals surface area contributed by atoms with E-state index in [4.69, 9.17) is 0 Å². The number of rotatable bonds is 1. The van der Waals surface area contributed by atoms with Crippen molar-refractivity contribution in [2.24, 2.45) is 0 Å². The summed E-state index contributed by atoms with van der Waals surface area (Å²) in [4.78, 5) is 1.02. The van der Waals surface area contributed by atoms with Gasteiger partial charge in [-0.3, -0.25) is 0 Å². The normalized spacial score (nSPS) is 19.0. The summed E-state index contributed by atoms with van der Waals surface area (Å²) in [5.74, 6) is 0. The van der Waals surface area contributed by atoms with Crippen molar-refractivity contribution in [3.05, 3.63) is 62.2 Å². The molecular weight excluding hydrogens is 437 g/mol. The van der Waals surface area contributed by atoms with Gasteiger partial charge in [-0.15, -0.1) is 11.3 Å². The molecule has 8 heteroatoms. The third-order valence-corrected chi connectivity index (χ3v) is 6.29. The van der Waals surface area contributed by atoms with Gasteiger partial charge in [0.05, 0.1) is 10.2 Å². The van der Waals surface area contributed by atoms with E-state index in [-0.39, 0.29) is 0 Å². The van der Waals surface area contributed by atoms with Crippen LogP contribution in [0.3, 0.4) is 0 Å². The van der Waals surface area contributed by atoms with E-state index in [0.717, 1.165) is 25.0 Å². The Hall–Kier alpha value is -0.985. The molecule has 0 fully saturated rings. The average Bonchev–Trinajstić information content (AvgIpc) is 3.12. The van der Waals surface area contributed by atoms with Crippen molar-refractivity contribution in [3.8, 4) is 0 Å². The highest BCUT2D eigenvalue weighted by Crippen LogP contribution is 2.43. The van der Waals surface area contributed by atoms with Gasteiger partial charge in [-0.05, 0) is 52.0 Å². The summed E-state index contributed by atoms with van der Waals surface area (Å²) in [6.07, 6.45) is 3.42. The molecule has 2 aliphatic rings. The maximum atomic E-state index is 15.0. The van der Waals surface area contributed by atoms with E-state index in [1.807, 2.05) is 18.4 Å². The molecule has 0 bridgehead atoms. The lowest BCUT2D eigenvalue weighted by atomic mass is 9.88. The molecule has 0 saturated carbocycles. The zero-order chi connectivity index (χ0) is 15.6. The summed E-state index contributed by atoms with van der Waals surface area (Å²) in [6, 6.07) is 5.43. The second-order valence-electron chi connectivity index (χ2n) is 5.22. The molecule has 0 spiro atoms. The van der Waals surface area contributed by atoms with Gasteiger partial charge in [0.15, 0.2) is 5.70 Å². The van der Waals surface area contributed by atoms with Gasteiger partial charge >= 0.3 is 6.97 Å². The van der Waals surface area contributed by atoms with Gasteiger partial charge in [-0.2, -0.15) is 0 Å². The van der Waals surface area contributed by atoms with E-state index in [0.29, 0.717) is 20.6 Å². The summed E-state index contributed by atoms with van der Waals surface area (Å²) in [6.45, 7) is -1.93. The molecule has 112 valence electrons. The van der Waals surface area contributed by atoms with Gasteiger partial charge in [0.25, 0.3) is 0 Å². The first kappa shape index (κ1) is 14.6. The molecule has 0 saturated heterocycles. The maximum absolute atomic E-state index is 15.0.